The van der Waals surface area contributed by atoms with Crippen LogP contribution in [0.5, 0.6) is 0 Å². The quantitative estimate of drug-likeness (QED) is 0.644. The minimum absolute atomic E-state index is 0.580. The van der Waals surface area contributed by atoms with E-state index < -0.39 is 0 Å². The number of hydrogen-bond donors (Lipinski definition) is 0. The van der Waals surface area contributed by atoms with Crippen LogP contribution in [0.3, 0.4) is 0 Å². The van der Waals surface area contributed by atoms with Gasteiger partial charge in [0.15, 0.2) is 0 Å². The van der Waals surface area contributed by atoms with Gasteiger partial charge < -0.3 is 4.74 Å². The van der Waals surface area contributed by atoms with Crippen LogP contribution in [0.1, 0.15) is 5.56 Å². The third-order valence-electron chi connectivity index (χ3n) is 1.92. The molecule has 0 bridgehead atoms. The van der Waals surface area contributed by atoms with Crippen molar-refractivity contribution in [2.75, 3.05) is 20.4 Å². The van der Waals surface area contributed by atoms with E-state index in [1.165, 1.54) is 0 Å². The second kappa shape index (κ2) is 3.58. The van der Waals surface area contributed by atoms with E-state index in [1.807, 2.05) is 37.4 Å². The first-order valence-electron chi connectivity index (χ1n) is 4.28. The SMILES string of the molecule is CN1COCC(c2ccccc2)=N1. The standard InChI is InChI=1S/C10H12N2O/c1-12-8-13-7-10(11-12)9-5-3-2-4-6-9/h2-6H,7-8H2,1H3. The second-order valence-electron chi connectivity index (χ2n) is 3.05. The maximum atomic E-state index is 5.34. The van der Waals surface area contributed by atoms with E-state index in [1.54, 1.807) is 5.01 Å². The van der Waals surface area contributed by atoms with Gasteiger partial charge in [-0.05, 0) is 0 Å². The van der Waals surface area contributed by atoms with Crippen LogP contribution in [0.4, 0.5) is 0 Å². The van der Waals surface area contributed by atoms with Gasteiger partial charge in [0.05, 0.1) is 12.3 Å². The average Bonchev–Trinajstić information content (AvgIpc) is 2.19. The summed E-state index contributed by atoms with van der Waals surface area (Å²) in [5.41, 5.74) is 2.13. The Morgan fingerprint density at radius 3 is 2.77 bits per heavy atom. The maximum Gasteiger partial charge on any atom is 0.135 e. The monoisotopic (exact) mass is 176 g/mol. The fourth-order valence-corrected chi connectivity index (χ4v) is 1.31. The molecule has 0 unspecified atom stereocenters. The van der Waals surface area contributed by atoms with Crippen LogP contribution in [0, 0.1) is 0 Å². The third kappa shape index (κ3) is 1.87. The minimum Gasteiger partial charge on any atom is -0.353 e. The largest absolute Gasteiger partial charge is 0.353 e. The predicted octanol–water partition coefficient (Wildman–Crippen LogP) is 1.31. The van der Waals surface area contributed by atoms with Crippen molar-refractivity contribution in [1.82, 2.24) is 5.01 Å². The van der Waals surface area contributed by atoms with Crippen molar-refractivity contribution in [2.24, 2.45) is 5.10 Å². The second-order valence-corrected chi connectivity index (χ2v) is 3.05. The number of hydrogen-bond acceptors (Lipinski definition) is 3. The third-order valence-corrected chi connectivity index (χ3v) is 1.92. The van der Waals surface area contributed by atoms with Gasteiger partial charge in [0.1, 0.15) is 6.73 Å². The Kier molecular flexibility index (Phi) is 2.27. The lowest BCUT2D eigenvalue weighted by Gasteiger charge is -2.21. The first kappa shape index (κ1) is 8.26. The van der Waals surface area contributed by atoms with Gasteiger partial charge in [-0.1, -0.05) is 30.3 Å². The molecule has 0 spiro atoms. The van der Waals surface area contributed by atoms with Gasteiger partial charge in [-0.2, -0.15) is 5.10 Å². The van der Waals surface area contributed by atoms with Gasteiger partial charge in [-0.3, -0.25) is 5.01 Å². The van der Waals surface area contributed by atoms with E-state index in [-0.39, 0.29) is 0 Å². The smallest absolute Gasteiger partial charge is 0.135 e. The molecule has 1 aliphatic rings. The Morgan fingerprint density at radius 1 is 1.31 bits per heavy atom. The Morgan fingerprint density at radius 2 is 2.08 bits per heavy atom. The summed E-state index contributed by atoms with van der Waals surface area (Å²) in [5, 5.41) is 6.17. The molecular weight excluding hydrogens is 164 g/mol. The topological polar surface area (TPSA) is 24.8 Å². The fraction of sp³-hybridized carbons (Fsp3) is 0.300. The lowest BCUT2D eigenvalue weighted by atomic mass is 10.1. The zero-order chi connectivity index (χ0) is 9.10. The van der Waals surface area contributed by atoms with E-state index in [9.17, 15) is 0 Å². The van der Waals surface area contributed by atoms with Crippen LogP contribution >= 0.6 is 0 Å². The molecule has 1 aromatic rings. The average molecular weight is 176 g/mol. The molecule has 0 amide bonds. The predicted molar refractivity (Wildman–Crippen MR) is 51.6 cm³/mol. The number of benzene rings is 1. The zero-order valence-corrected chi connectivity index (χ0v) is 7.60. The molecule has 0 radical (unpaired) electrons. The van der Waals surface area contributed by atoms with E-state index in [4.69, 9.17) is 4.74 Å². The van der Waals surface area contributed by atoms with Crippen LogP contribution in [0.15, 0.2) is 35.4 Å². The fourth-order valence-electron chi connectivity index (χ4n) is 1.31. The first-order chi connectivity index (χ1) is 6.36. The molecule has 0 aliphatic carbocycles. The Labute approximate surface area is 77.6 Å². The van der Waals surface area contributed by atoms with Gasteiger partial charge >= 0.3 is 0 Å². The molecule has 2 rings (SSSR count). The summed E-state index contributed by atoms with van der Waals surface area (Å²) in [7, 11) is 1.90. The highest BCUT2D eigenvalue weighted by molar-refractivity contribution is 6.01. The number of hydrazone groups is 1. The van der Waals surface area contributed by atoms with Crippen molar-refractivity contribution in [2.45, 2.75) is 0 Å². The Balaban J connectivity index is 2.26. The highest BCUT2D eigenvalue weighted by atomic mass is 16.5. The molecule has 0 saturated heterocycles. The molecule has 0 N–H and O–H groups in total. The van der Waals surface area contributed by atoms with Gasteiger partial charge in [-0.25, -0.2) is 0 Å². The van der Waals surface area contributed by atoms with Crippen LogP contribution < -0.4 is 0 Å². The summed E-state index contributed by atoms with van der Waals surface area (Å²) in [6, 6.07) is 10.1. The van der Waals surface area contributed by atoms with Gasteiger partial charge in [0.25, 0.3) is 0 Å². The van der Waals surface area contributed by atoms with Crippen molar-refractivity contribution >= 4 is 5.71 Å². The zero-order valence-electron chi connectivity index (χ0n) is 7.60. The van der Waals surface area contributed by atoms with Crippen LogP contribution in [-0.2, 0) is 4.74 Å². The molecule has 3 heteroatoms. The van der Waals surface area contributed by atoms with Gasteiger partial charge in [0.2, 0.25) is 0 Å². The summed E-state index contributed by atoms with van der Waals surface area (Å²) in [6.07, 6.45) is 0. The number of nitrogens with zero attached hydrogens (tertiary/aromatic N) is 2. The molecular formula is C10H12N2O. The minimum atomic E-state index is 0.580. The molecule has 1 aliphatic heterocycles. The lowest BCUT2D eigenvalue weighted by molar-refractivity contribution is 0.0514. The molecule has 13 heavy (non-hydrogen) atoms. The van der Waals surface area contributed by atoms with E-state index in [0.29, 0.717) is 13.3 Å². The van der Waals surface area contributed by atoms with E-state index in [2.05, 4.69) is 5.10 Å². The molecule has 68 valence electrons. The van der Waals surface area contributed by atoms with Crippen molar-refractivity contribution in [1.29, 1.82) is 0 Å². The lowest BCUT2D eigenvalue weighted by Crippen LogP contribution is -2.28. The van der Waals surface area contributed by atoms with Crippen LogP contribution in [0.2, 0.25) is 0 Å². The van der Waals surface area contributed by atoms with Crippen molar-refractivity contribution in [3.05, 3.63) is 35.9 Å². The highest BCUT2D eigenvalue weighted by Gasteiger charge is 2.09. The molecule has 3 nitrogen and oxygen atoms in total. The summed E-state index contributed by atoms with van der Waals surface area (Å²) < 4.78 is 5.34. The summed E-state index contributed by atoms with van der Waals surface area (Å²) in [4.78, 5) is 0. The number of rotatable bonds is 1. The van der Waals surface area contributed by atoms with E-state index >= 15 is 0 Å². The van der Waals surface area contributed by atoms with Gasteiger partial charge in [0, 0.05) is 12.6 Å². The maximum absolute atomic E-state index is 5.34. The highest BCUT2D eigenvalue weighted by Crippen LogP contribution is 2.06. The van der Waals surface area contributed by atoms with Crippen molar-refractivity contribution in [3.63, 3.8) is 0 Å². The molecule has 0 aromatic heterocycles. The van der Waals surface area contributed by atoms with Crippen molar-refractivity contribution in [3.8, 4) is 0 Å². The summed E-state index contributed by atoms with van der Waals surface area (Å²) >= 11 is 0. The summed E-state index contributed by atoms with van der Waals surface area (Å²) in [5.74, 6) is 0. The normalized spacial score (nSPS) is 17.0. The molecule has 0 fully saturated rings. The molecule has 0 atom stereocenters. The first-order valence-corrected chi connectivity index (χ1v) is 4.28. The molecule has 1 heterocycles. The van der Waals surface area contributed by atoms with Crippen LogP contribution in [-0.4, -0.2) is 31.1 Å². The van der Waals surface area contributed by atoms with Crippen molar-refractivity contribution < 1.29 is 4.74 Å². The Bertz CT molecular complexity index is 308. The van der Waals surface area contributed by atoms with Crippen LogP contribution in [0.25, 0.3) is 0 Å². The van der Waals surface area contributed by atoms with E-state index in [0.717, 1.165) is 11.3 Å². The number of ether oxygens (including phenoxy) is 1. The molecule has 1 aromatic carbocycles. The molecule has 0 saturated carbocycles. The van der Waals surface area contributed by atoms with Gasteiger partial charge in [-0.15, -0.1) is 0 Å². The summed E-state index contributed by atoms with van der Waals surface area (Å²) in [6.45, 7) is 1.19. The Hall–Kier alpha value is -1.35.